The molecule has 3 aromatic carbocycles. The maximum atomic E-state index is 4.78. The summed E-state index contributed by atoms with van der Waals surface area (Å²) in [5, 5.41) is 6.74. The van der Waals surface area contributed by atoms with Crippen molar-refractivity contribution in [2.45, 2.75) is 26.7 Å². The molecule has 0 saturated carbocycles. The summed E-state index contributed by atoms with van der Waals surface area (Å²) in [6, 6.07) is 29.1. The highest BCUT2D eigenvalue weighted by Gasteiger charge is 2.07. The first-order valence-corrected chi connectivity index (χ1v) is 10.1. The Hall–Kier alpha value is -3.07. The topological polar surface area (TPSA) is 18.8 Å². The Bertz CT molecular complexity index is 796. The number of hydrazone groups is 1. The fourth-order valence-corrected chi connectivity index (χ4v) is 3.23. The van der Waals surface area contributed by atoms with Crippen LogP contribution < -0.4 is 9.91 Å². The number of hydrogen-bond donors (Lipinski definition) is 0. The highest BCUT2D eigenvalue weighted by molar-refractivity contribution is 5.82. The molecule has 0 aliphatic carbocycles. The van der Waals surface area contributed by atoms with Crippen molar-refractivity contribution in [2.24, 2.45) is 5.10 Å². The van der Waals surface area contributed by atoms with E-state index in [1.165, 1.54) is 5.69 Å². The van der Waals surface area contributed by atoms with E-state index < -0.39 is 0 Å². The maximum absolute atomic E-state index is 4.78. The molecule has 0 fully saturated rings. The second kappa shape index (κ2) is 10.3. The minimum Gasteiger partial charge on any atom is -0.372 e. The molecule has 0 unspecified atom stereocenters. The molecule has 0 N–H and O–H groups in total. The van der Waals surface area contributed by atoms with Gasteiger partial charge in [-0.2, -0.15) is 5.10 Å². The molecule has 3 rings (SSSR count). The number of hydrogen-bond acceptors (Lipinski definition) is 3. The van der Waals surface area contributed by atoms with Gasteiger partial charge in [0.2, 0.25) is 0 Å². The van der Waals surface area contributed by atoms with Crippen molar-refractivity contribution in [3.8, 4) is 0 Å². The quantitative estimate of drug-likeness (QED) is 0.316. The lowest BCUT2D eigenvalue weighted by atomic mass is 10.2. The molecular formula is C25H29N3. The van der Waals surface area contributed by atoms with Crippen LogP contribution in [-0.4, -0.2) is 19.3 Å². The lowest BCUT2D eigenvalue weighted by molar-refractivity contribution is 0.745. The minimum atomic E-state index is 1.04. The van der Waals surface area contributed by atoms with Crippen molar-refractivity contribution >= 4 is 23.3 Å². The maximum Gasteiger partial charge on any atom is 0.0652 e. The van der Waals surface area contributed by atoms with Gasteiger partial charge in [-0.25, -0.2) is 5.01 Å². The predicted octanol–water partition coefficient (Wildman–Crippen LogP) is 6.49. The number of anilines is 3. The Morgan fingerprint density at radius 2 is 1.14 bits per heavy atom. The second-order valence-electron chi connectivity index (χ2n) is 6.81. The average Bonchev–Trinajstić information content (AvgIpc) is 2.76. The molecule has 0 spiro atoms. The highest BCUT2D eigenvalue weighted by Crippen LogP contribution is 2.25. The molecule has 0 saturated heterocycles. The summed E-state index contributed by atoms with van der Waals surface area (Å²) < 4.78 is 0. The Morgan fingerprint density at radius 1 is 0.643 bits per heavy atom. The van der Waals surface area contributed by atoms with Gasteiger partial charge in [0.15, 0.2) is 0 Å². The summed E-state index contributed by atoms with van der Waals surface area (Å²) >= 11 is 0. The third-order valence-corrected chi connectivity index (χ3v) is 4.57. The summed E-state index contributed by atoms with van der Waals surface area (Å²) in [6.07, 6.45) is 4.24. The van der Waals surface area contributed by atoms with E-state index in [0.717, 1.165) is 42.9 Å². The van der Waals surface area contributed by atoms with Gasteiger partial charge >= 0.3 is 0 Å². The lowest BCUT2D eigenvalue weighted by Crippen LogP contribution is -2.24. The number of para-hydroxylation sites is 2. The number of nitrogens with zero attached hydrogens (tertiary/aromatic N) is 3. The molecule has 0 heterocycles. The van der Waals surface area contributed by atoms with Crippen molar-refractivity contribution in [3.05, 3.63) is 90.5 Å². The van der Waals surface area contributed by atoms with Crippen LogP contribution in [0.3, 0.4) is 0 Å². The van der Waals surface area contributed by atoms with E-state index in [4.69, 9.17) is 5.10 Å². The van der Waals surface area contributed by atoms with E-state index in [2.05, 4.69) is 67.3 Å². The Morgan fingerprint density at radius 3 is 1.61 bits per heavy atom. The van der Waals surface area contributed by atoms with Crippen molar-refractivity contribution in [3.63, 3.8) is 0 Å². The molecule has 0 radical (unpaired) electrons. The molecule has 3 heteroatoms. The standard InChI is InChI=1S/C25H29N3/c1-3-19-27(20-4-2)23-17-15-22(16-18-23)21-26-28(24-11-7-5-8-12-24)25-13-9-6-10-14-25/h5-18,21H,3-4,19-20H2,1-2H3. The van der Waals surface area contributed by atoms with Gasteiger partial charge in [0.1, 0.15) is 0 Å². The first-order valence-electron chi connectivity index (χ1n) is 10.1. The van der Waals surface area contributed by atoms with Crippen LogP contribution in [0.5, 0.6) is 0 Å². The molecule has 0 amide bonds. The zero-order chi connectivity index (χ0) is 19.6. The molecular weight excluding hydrogens is 342 g/mol. The van der Waals surface area contributed by atoms with Crippen LogP contribution in [0.2, 0.25) is 0 Å². The van der Waals surface area contributed by atoms with Gasteiger partial charge in [0, 0.05) is 18.8 Å². The van der Waals surface area contributed by atoms with Crippen LogP contribution in [0.15, 0.2) is 90.0 Å². The summed E-state index contributed by atoms with van der Waals surface area (Å²) in [4.78, 5) is 2.45. The third kappa shape index (κ3) is 5.23. The molecule has 3 nitrogen and oxygen atoms in total. The first kappa shape index (κ1) is 19.7. The van der Waals surface area contributed by atoms with Crippen LogP contribution >= 0.6 is 0 Å². The molecule has 0 atom stereocenters. The monoisotopic (exact) mass is 371 g/mol. The average molecular weight is 372 g/mol. The molecule has 0 aromatic heterocycles. The predicted molar refractivity (Wildman–Crippen MR) is 122 cm³/mol. The Kier molecular flexibility index (Phi) is 7.25. The first-order chi connectivity index (χ1) is 13.8. The molecule has 0 aliphatic heterocycles. The normalized spacial score (nSPS) is 10.9. The van der Waals surface area contributed by atoms with Crippen LogP contribution in [-0.2, 0) is 0 Å². The highest BCUT2D eigenvalue weighted by atomic mass is 15.5. The van der Waals surface area contributed by atoms with Crippen LogP contribution in [0.4, 0.5) is 17.1 Å². The molecule has 0 bridgehead atoms. The van der Waals surface area contributed by atoms with E-state index in [0.29, 0.717) is 0 Å². The zero-order valence-electron chi connectivity index (χ0n) is 16.8. The lowest BCUT2D eigenvalue weighted by Gasteiger charge is -2.23. The van der Waals surface area contributed by atoms with Crippen molar-refractivity contribution in [1.82, 2.24) is 0 Å². The van der Waals surface area contributed by atoms with Gasteiger partial charge in [-0.05, 0) is 54.8 Å². The van der Waals surface area contributed by atoms with Gasteiger partial charge in [-0.3, -0.25) is 0 Å². The minimum absolute atomic E-state index is 1.04. The fraction of sp³-hybridized carbons (Fsp3) is 0.240. The largest absolute Gasteiger partial charge is 0.372 e. The molecule has 0 aliphatic rings. The van der Waals surface area contributed by atoms with Crippen LogP contribution in [0.25, 0.3) is 0 Å². The van der Waals surface area contributed by atoms with Gasteiger partial charge < -0.3 is 4.90 Å². The van der Waals surface area contributed by atoms with Gasteiger partial charge in [0.25, 0.3) is 0 Å². The van der Waals surface area contributed by atoms with Gasteiger partial charge in [-0.1, -0.05) is 62.4 Å². The van der Waals surface area contributed by atoms with Crippen molar-refractivity contribution < 1.29 is 0 Å². The SMILES string of the molecule is CCCN(CCC)c1ccc(C=NN(c2ccccc2)c2ccccc2)cc1. The smallest absolute Gasteiger partial charge is 0.0652 e. The van der Waals surface area contributed by atoms with E-state index >= 15 is 0 Å². The van der Waals surface area contributed by atoms with Crippen molar-refractivity contribution in [2.75, 3.05) is 23.0 Å². The van der Waals surface area contributed by atoms with E-state index in [1.54, 1.807) is 0 Å². The summed E-state index contributed by atoms with van der Waals surface area (Å²) in [5.41, 5.74) is 4.45. The second-order valence-corrected chi connectivity index (χ2v) is 6.81. The van der Waals surface area contributed by atoms with Gasteiger partial charge in [0.05, 0.1) is 17.6 Å². The molecule has 144 valence electrons. The molecule has 28 heavy (non-hydrogen) atoms. The summed E-state index contributed by atoms with van der Waals surface area (Å²) in [6.45, 7) is 6.64. The number of benzene rings is 3. The third-order valence-electron chi connectivity index (χ3n) is 4.57. The Labute approximate surface area is 168 Å². The van der Waals surface area contributed by atoms with Crippen LogP contribution in [0, 0.1) is 0 Å². The number of rotatable bonds is 9. The zero-order valence-corrected chi connectivity index (χ0v) is 16.8. The van der Waals surface area contributed by atoms with E-state index in [1.807, 2.05) is 47.6 Å². The van der Waals surface area contributed by atoms with E-state index in [9.17, 15) is 0 Å². The summed E-state index contributed by atoms with van der Waals surface area (Å²) in [7, 11) is 0. The fourth-order valence-electron chi connectivity index (χ4n) is 3.23. The van der Waals surface area contributed by atoms with Crippen LogP contribution in [0.1, 0.15) is 32.3 Å². The van der Waals surface area contributed by atoms with Crippen molar-refractivity contribution in [1.29, 1.82) is 0 Å². The summed E-state index contributed by atoms with van der Waals surface area (Å²) in [5.74, 6) is 0. The molecule has 3 aromatic rings. The van der Waals surface area contributed by atoms with E-state index in [-0.39, 0.29) is 0 Å². The Balaban J connectivity index is 1.81. The van der Waals surface area contributed by atoms with Gasteiger partial charge in [-0.15, -0.1) is 0 Å².